The van der Waals surface area contributed by atoms with Crippen molar-refractivity contribution in [1.29, 1.82) is 0 Å². The van der Waals surface area contributed by atoms with E-state index in [-0.39, 0.29) is 0 Å². The molecule has 2 aromatic heterocycles. The number of benzene rings is 9. The Bertz CT molecular complexity index is 3090. The molecule has 0 aliphatic heterocycles. The fraction of sp³-hybridized carbons (Fsp3) is 0. The Morgan fingerprint density at radius 3 is 1.64 bits per heavy atom. The zero-order valence-corrected chi connectivity index (χ0v) is 29.6. The average Bonchev–Trinajstić information content (AvgIpc) is 3.76. The van der Waals surface area contributed by atoms with Crippen molar-refractivity contribution in [2.75, 3.05) is 4.90 Å². The third kappa shape index (κ3) is 4.86. The van der Waals surface area contributed by atoms with Crippen LogP contribution >= 0.6 is 11.3 Å². The Morgan fingerprint density at radius 1 is 0.358 bits per heavy atom. The Hall–Kier alpha value is -6.68. The minimum absolute atomic E-state index is 1.12. The lowest BCUT2D eigenvalue weighted by Crippen LogP contribution is -2.10. The number of rotatable bonds is 5. The van der Waals surface area contributed by atoms with Gasteiger partial charge in [0.25, 0.3) is 0 Å². The van der Waals surface area contributed by atoms with E-state index < -0.39 is 0 Å². The molecule has 11 rings (SSSR count). The van der Waals surface area contributed by atoms with Crippen LogP contribution in [-0.2, 0) is 0 Å². The van der Waals surface area contributed by atoms with Crippen LogP contribution in [0.2, 0.25) is 0 Å². The first-order chi connectivity index (χ1) is 26.3. The smallest absolute Gasteiger partial charge is 0.0548 e. The van der Waals surface area contributed by atoms with Crippen molar-refractivity contribution in [2.24, 2.45) is 0 Å². The number of aromatic nitrogens is 1. The van der Waals surface area contributed by atoms with Gasteiger partial charge in [-0.3, -0.25) is 0 Å². The summed E-state index contributed by atoms with van der Waals surface area (Å²) in [6.07, 6.45) is 0. The average molecular weight is 693 g/mol. The first kappa shape index (κ1) is 30.0. The standard InChI is InChI=1S/C50H32N2S/c1-2-10-33(11-3-1)36-18-22-39(23-19-36)52-45-27-26-42(32-44(45)49-46(52)28-29-48-50(49)43-16-8-9-17-47(43)53-48)51(40-24-20-34-12-4-6-14-37(34)30-40)41-25-21-35-13-5-7-15-38(35)31-41/h1-32H. The summed E-state index contributed by atoms with van der Waals surface area (Å²) in [6, 6.07) is 71.0. The second-order valence-corrected chi connectivity index (χ2v) is 14.9. The lowest BCUT2D eigenvalue weighted by molar-refractivity contribution is 1.18. The number of nitrogens with zero attached hydrogens (tertiary/aromatic N) is 2. The van der Waals surface area contributed by atoms with Crippen LogP contribution in [0, 0.1) is 0 Å². The molecule has 9 aromatic carbocycles. The molecule has 0 spiro atoms. The van der Waals surface area contributed by atoms with Crippen molar-refractivity contribution in [1.82, 2.24) is 4.57 Å². The minimum atomic E-state index is 1.12. The molecule has 2 nitrogen and oxygen atoms in total. The number of thiophene rings is 1. The lowest BCUT2D eigenvalue weighted by Gasteiger charge is -2.26. The molecule has 0 amide bonds. The highest BCUT2D eigenvalue weighted by Crippen LogP contribution is 2.46. The van der Waals surface area contributed by atoms with Gasteiger partial charge in [0.2, 0.25) is 0 Å². The highest BCUT2D eigenvalue weighted by Gasteiger charge is 2.21. The van der Waals surface area contributed by atoms with Gasteiger partial charge in [-0.15, -0.1) is 11.3 Å². The van der Waals surface area contributed by atoms with Gasteiger partial charge in [-0.25, -0.2) is 0 Å². The van der Waals surface area contributed by atoms with Crippen LogP contribution in [0.5, 0.6) is 0 Å². The molecule has 0 aliphatic carbocycles. The molecule has 0 radical (unpaired) electrons. The first-order valence-electron chi connectivity index (χ1n) is 18.1. The van der Waals surface area contributed by atoms with Gasteiger partial charge in [0.15, 0.2) is 0 Å². The summed E-state index contributed by atoms with van der Waals surface area (Å²) in [5.41, 5.74) is 9.37. The van der Waals surface area contributed by atoms with Crippen LogP contribution in [0.25, 0.3) is 80.3 Å². The van der Waals surface area contributed by atoms with Crippen molar-refractivity contribution in [3.8, 4) is 16.8 Å². The van der Waals surface area contributed by atoms with Gasteiger partial charge in [-0.05, 0) is 105 Å². The molecular weight excluding hydrogens is 661 g/mol. The molecular formula is C50H32N2S. The molecule has 0 N–H and O–H groups in total. The third-order valence-electron chi connectivity index (χ3n) is 10.7. The van der Waals surface area contributed by atoms with E-state index in [1.54, 1.807) is 0 Å². The van der Waals surface area contributed by atoms with Crippen molar-refractivity contribution in [3.63, 3.8) is 0 Å². The SMILES string of the molecule is c1ccc(-c2ccc(-n3c4ccc(N(c5ccc6ccccc6c5)c5ccc6ccccc6c5)cc4c4c5c(ccc43)sc3ccccc35)cc2)cc1. The zero-order valence-electron chi connectivity index (χ0n) is 28.8. The van der Waals surface area contributed by atoms with E-state index in [4.69, 9.17) is 0 Å². The van der Waals surface area contributed by atoms with Gasteiger partial charge in [0.1, 0.15) is 0 Å². The van der Waals surface area contributed by atoms with Gasteiger partial charge in [0.05, 0.1) is 11.0 Å². The molecule has 0 unspecified atom stereocenters. The van der Waals surface area contributed by atoms with Crippen LogP contribution in [0.3, 0.4) is 0 Å². The van der Waals surface area contributed by atoms with Crippen LogP contribution in [-0.4, -0.2) is 4.57 Å². The van der Waals surface area contributed by atoms with E-state index in [2.05, 4.69) is 204 Å². The quantitative estimate of drug-likeness (QED) is 0.174. The number of anilines is 3. The number of fused-ring (bicyclic) bond motifs is 9. The van der Waals surface area contributed by atoms with Crippen LogP contribution in [0.4, 0.5) is 17.1 Å². The molecule has 53 heavy (non-hydrogen) atoms. The Morgan fingerprint density at radius 2 is 0.925 bits per heavy atom. The summed E-state index contributed by atoms with van der Waals surface area (Å²) in [5.74, 6) is 0. The van der Waals surface area contributed by atoms with Gasteiger partial charge in [-0.2, -0.15) is 0 Å². The first-order valence-corrected chi connectivity index (χ1v) is 18.9. The normalized spacial score (nSPS) is 11.8. The fourth-order valence-corrected chi connectivity index (χ4v) is 9.36. The predicted octanol–water partition coefficient (Wildman–Crippen LogP) is 14.6. The van der Waals surface area contributed by atoms with E-state index in [0.29, 0.717) is 0 Å². The van der Waals surface area contributed by atoms with Gasteiger partial charge < -0.3 is 9.47 Å². The van der Waals surface area contributed by atoms with E-state index in [9.17, 15) is 0 Å². The van der Waals surface area contributed by atoms with Crippen LogP contribution in [0.15, 0.2) is 194 Å². The Kier molecular flexibility index (Phi) is 6.76. The molecule has 3 heteroatoms. The summed E-state index contributed by atoms with van der Waals surface area (Å²) in [4.78, 5) is 2.42. The van der Waals surface area contributed by atoms with Crippen molar-refractivity contribution >= 4 is 91.9 Å². The van der Waals surface area contributed by atoms with Crippen LogP contribution in [0.1, 0.15) is 0 Å². The maximum absolute atomic E-state index is 2.45. The molecule has 0 saturated carbocycles. The van der Waals surface area contributed by atoms with Crippen molar-refractivity contribution < 1.29 is 0 Å². The Labute approximate surface area is 311 Å². The number of hydrogen-bond donors (Lipinski definition) is 0. The van der Waals surface area contributed by atoms with Crippen molar-refractivity contribution in [2.45, 2.75) is 0 Å². The topological polar surface area (TPSA) is 8.17 Å². The summed E-state index contributed by atoms with van der Waals surface area (Å²) in [6.45, 7) is 0. The molecule has 0 bridgehead atoms. The number of hydrogen-bond acceptors (Lipinski definition) is 2. The summed E-state index contributed by atoms with van der Waals surface area (Å²) >= 11 is 1.88. The Balaban J connectivity index is 1.19. The lowest BCUT2D eigenvalue weighted by atomic mass is 10.0. The van der Waals surface area contributed by atoms with E-state index >= 15 is 0 Å². The highest BCUT2D eigenvalue weighted by molar-refractivity contribution is 7.26. The second-order valence-electron chi connectivity index (χ2n) is 13.8. The molecule has 0 fully saturated rings. The van der Waals surface area contributed by atoms with Crippen molar-refractivity contribution in [3.05, 3.63) is 194 Å². The molecule has 2 heterocycles. The molecule has 11 aromatic rings. The third-order valence-corrected chi connectivity index (χ3v) is 11.9. The highest BCUT2D eigenvalue weighted by atomic mass is 32.1. The molecule has 0 atom stereocenters. The molecule has 0 saturated heterocycles. The summed E-state index contributed by atoms with van der Waals surface area (Å²) < 4.78 is 5.07. The fourth-order valence-electron chi connectivity index (χ4n) is 8.24. The van der Waals surface area contributed by atoms with E-state index in [1.165, 1.54) is 74.6 Å². The summed E-state index contributed by atoms with van der Waals surface area (Å²) in [5, 5.41) is 10.1. The van der Waals surface area contributed by atoms with Crippen LogP contribution < -0.4 is 4.90 Å². The monoisotopic (exact) mass is 692 g/mol. The molecule has 0 aliphatic rings. The minimum Gasteiger partial charge on any atom is -0.310 e. The zero-order chi connectivity index (χ0) is 34.9. The second kappa shape index (κ2) is 11.9. The van der Waals surface area contributed by atoms with Gasteiger partial charge in [0, 0.05) is 53.7 Å². The van der Waals surface area contributed by atoms with E-state index in [0.717, 1.165) is 22.7 Å². The van der Waals surface area contributed by atoms with E-state index in [1.807, 2.05) is 11.3 Å². The predicted molar refractivity (Wildman–Crippen MR) is 229 cm³/mol. The van der Waals surface area contributed by atoms with Gasteiger partial charge >= 0.3 is 0 Å². The van der Waals surface area contributed by atoms with Gasteiger partial charge in [-0.1, -0.05) is 121 Å². The summed E-state index contributed by atoms with van der Waals surface area (Å²) in [7, 11) is 0. The maximum Gasteiger partial charge on any atom is 0.0548 e. The molecule has 248 valence electrons. The maximum atomic E-state index is 2.45. The largest absolute Gasteiger partial charge is 0.310 e.